The molecule has 4 nitrogen and oxygen atoms in total. The fourth-order valence-electron chi connectivity index (χ4n) is 1.07. The third-order valence-electron chi connectivity index (χ3n) is 1.82. The van der Waals surface area contributed by atoms with Crippen molar-refractivity contribution >= 4 is 23.9 Å². The van der Waals surface area contributed by atoms with Gasteiger partial charge in [-0.05, 0) is 12.1 Å². The van der Waals surface area contributed by atoms with Gasteiger partial charge in [0.1, 0.15) is 6.07 Å². The summed E-state index contributed by atoms with van der Waals surface area (Å²) in [6.07, 6.45) is 0.518. The summed E-state index contributed by atoms with van der Waals surface area (Å²) in [6, 6.07) is 4.46. The third kappa shape index (κ3) is 1.97. The molecule has 76 valence electrons. The lowest BCUT2D eigenvalue weighted by atomic mass is 10.1. The molecule has 1 aromatic rings. The van der Waals surface area contributed by atoms with Crippen molar-refractivity contribution in [1.29, 1.82) is 5.26 Å². The van der Waals surface area contributed by atoms with E-state index in [0.717, 1.165) is 0 Å². The third-order valence-corrected chi connectivity index (χ3v) is 2.22. The summed E-state index contributed by atoms with van der Waals surface area (Å²) in [5, 5.41) is 8.77. The quantitative estimate of drug-likeness (QED) is 0.567. The number of hydrogen-bond donors (Lipinski definition) is 0. The number of rotatable bonds is 2. The number of nitriles is 1. The van der Waals surface area contributed by atoms with Crippen LogP contribution in [0, 0.1) is 11.3 Å². The van der Waals surface area contributed by atoms with Gasteiger partial charge in [-0.15, -0.1) is 0 Å². The van der Waals surface area contributed by atoms with Crippen molar-refractivity contribution < 1.29 is 14.3 Å². The number of ether oxygens (including phenoxy) is 1. The summed E-state index contributed by atoms with van der Waals surface area (Å²) in [5.41, 5.74) is 0.171. The van der Waals surface area contributed by atoms with Crippen LogP contribution in [0.1, 0.15) is 26.3 Å². The molecule has 0 fully saturated rings. The predicted octanol–water partition coefficient (Wildman–Crippen LogP) is 1.81. The van der Waals surface area contributed by atoms with Crippen LogP contribution in [-0.2, 0) is 4.74 Å². The fraction of sp³-hybridized carbons (Fsp3) is 0.100. The smallest absolute Gasteiger partial charge is 0.339 e. The number of carbonyl (C=O) groups is 2. The number of carbonyl (C=O) groups excluding carboxylic acids is 2. The topological polar surface area (TPSA) is 67.2 Å². The Kier molecular flexibility index (Phi) is 3.42. The molecule has 0 aliphatic carbocycles. The first-order valence-corrected chi connectivity index (χ1v) is 4.29. The van der Waals surface area contributed by atoms with Gasteiger partial charge >= 0.3 is 5.97 Å². The van der Waals surface area contributed by atoms with Crippen LogP contribution in [-0.4, -0.2) is 19.4 Å². The maximum absolute atomic E-state index is 11.2. The predicted molar refractivity (Wildman–Crippen MR) is 52.9 cm³/mol. The summed E-state index contributed by atoms with van der Waals surface area (Å²) in [6.45, 7) is 0. The van der Waals surface area contributed by atoms with Gasteiger partial charge in [0.2, 0.25) is 0 Å². The average molecular weight is 224 g/mol. The molecule has 0 spiro atoms. The van der Waals surface area contributed by atoms with Gasteiger partial charge in [0, 0.05) is 5.56 Å². The van der Waals surface area contributed by atoms with Gasteiger partial charge in [-0.25, -0.2) is 4.79 Å². The van der Waals surface area contributed by atoms with Crippen LogP contribution in [0.15, 0.2) is 12.1 Å². The first kappa shape index (κ1) is 11.2. The summed E-state index contributed by atoms with van der Waals surface area (Å²) in [7, 11) is 1.20. The highest BCUT2D eigenvalue weighted by Crippen LogP contribution is 2.23. The van der Waals surface area contributed by atoms with Gasteiger partial charge in [-0.1, -0.05) is 11.6 Å². The van der Waals surface area contributed by atoms with Crippen LogP contribution in [0.25, 0.3) is 0 Å². The number of esters is 1. The van der Waals surface area contributed by atoms with Crippen molar-refractivity contribution in [3.8, 4) is 6.07 Å². The lowest BCUT2D eigenvalue weighted by molar-refractivity contribution is 0.0600. The van der Waals surface area contributed by atoms with E-state index in [4.69, 9.17) is 16.9 Å². The zero-order valence-corrected chi connectivity index (χ0v) is 8.54. The van der Waals surface area contributed by atoms with Gasteiger partial charge in [-0.3, -0.25) is 4.79 Å². The zero-order valence-electron chi connectivity index (χ0n) is 7.78. The van der Waals surface area contributed by atoms with Crippen molar-refractivity contribution in [3.05, 3.63) is 33.8 Å². The van der Waals surface area contributed by atoms with Gasteiger partial charge < -0.3 is 4.74 Å². The molecule has 1 aromatic carbocycles. The standard InChI is InChI=1S/C10H6ClNO3/c1-15-10(14)7-3-2-6(5-13)9(11)8(7)4-12/h2-3,5H,1H3. The van der Waals surface area contributed by atoms with Gasteiger partial charge in [0.05, 0.1) is 23.3 Å². The molecular formula is C10H6ClNO3. The first-order valence-electron chi connectivity index (χ1n) is 3.91. The number of benzene rings is 1. The van der Waals surface area contributed by atoms with E-state index in [0.29, 0.717) is 6.29 Å². The number of nitrogens with zero attached hydrogens (tertiary/aromatic N) is 1. The molecule has 0 aromatic heterocycles. The maximum atomic E-state index is 11.2. The number of halogens is 1. The lowest BCUT2D eigenvalue weighted by Crippen LogP contribution is -2.05. The van der Waals surface area contributed by atoms with Crippen LogP contribution >= 0.6 is 11.6 Å². The number of methoxy groups -OCH3 is 1. The molecule has 0 heterocycles. The highest BCUT2D eigenvalue weighted by Gasteiger charge is 2.16. The van der Waals surface area contributed by atoms with Crippen molar-refractivity contribution in [2.24, 2.45) is 0 Å². The van der Waals surface area contributed by atoms with Crippen molar-refractivity contribution in [3.63, 3.8) is 0 Å². The molecule has 0 N–H and O–H groups in total. The second kappa shape index (κ2) is 4.58. The molecule has 0 saturated carbocycles. The van der Waals surface area contributed by atoms with Gasteiger partial charge in [-0.2, -0.15) is 5.26 Å². The minimum absolute atomic E-state index is 0.0320. The van der Waals surface area contributed by atoms with Crippen LogP contribution in [0.3, 0.4) is 0 Å². The summed E-state index contributed by atoms with van der Waals surface area (Å²) >= 11 is 5.75. The van der Waals surface area contributed by atoms with Crippen LogP contribution < -0.4 is 0 Å². The molecule has 0 bridgehead atoms. The number of aldehydes is 1. The fourth-order valence-corrected chi connectivity index (χ4v) is 1.32. The van der Waals surface area contributed by atoms with Gasteiger partial charge in [0.15, 0.2) is 6.29 Å². The summed E-state index contributed by atoms with van der Waals surface area (Å²) in [5.74, 6) is -0.661. The second-order valence-electron chi connectivity index (χ2n) is 2.61. The minimum atomic E-state index is -0.661. The Morgan fingerprint density at radius 3 is 2.73 bits per heavy atom. The molecule has 0 amide bonds. The van der Waals surface area contributed by atoms with Crippen LogP contribution in [0.5, 0.6) is 0 Å². The minimum Gasteiger partial charge on any atom is -0.465 e. The Balaban J connectivity index is 3.45. The zero-order chi connectivity index (χ0) is 11.4. The van der Waals surface area contributed by atoms with Crippen molar-refractivity contribution in [2.75, 3.05) is 7.11 Å². The van der Waals surface area contributed by atoms with Crippen molar-refractivity contribution in [1.82, 2.24) is 0 Å². The van der Waals surface area contributed by atoms with Crippen molar-refractivity contribution in [2.45, 2.75) is 0 Å². The van der Waals surface area contributed by atoms with E-state index in [9.17, 15) is 9.59 Å². The normalized spacial score (nSPS) is 9.13. The van der Waals surface area contributed by atoms with Crippen LogP contribution in [0.4, 0.5) is 0 Å². The molecule has 0 unspecified atom stereocenters. The Labute approximate surface area is 91.0 Å². The molecule has 0 aliphatic rings. The molecule has 5 heteroatoms. The molecule has 1 rings (SSSR count). The molecule has 0 saturated heterocycles. The van der Waals surface area contributed by atoms with E-state index in [1.54, 1.807) is 6.07 Å². The molecule has 0 radical (unpaired) electrons. The van der Waals surface area contributed by atoms with E-state index in [2.05, 4.69) is 4.74 Å². The molecule has 15 heavy (non-hydrogen) atoms. The molecular weight excluding hydrogens is 218 g/mol. The van der Waals surface area contributed by atoms with E-state index in [1.165, 1.54) is 19.2 Å². The van der Waals surface area contributed by atoms with Gasteiger partial charge in [0.25, 0.3) is 0 Å². The Morgan fingerprint density at radius 2 is 2.27 bits per heavy atom. The first-order chi connectivity index (χ1) is 7.15. The summed E-state index contributed by atoms with van der Waals surface area (Å²) < 4.78 is 4.47. The van der Waals surface area contributed by atoms with E-state index in [1.807, 2.05) is 0 Å². The highest BCUT2D eigenvalue weighted by atomic mass is 35.5. The lowest BCUT2D eigenvalue weighted by Gasteiger charge is -2.04. The Morgan fingerprint density at radius 1 is 1.60 bits per heavy atom. The second-order valence-corrected chi connectivity index (χ2v) is 2.99. The van der Waals surface area contributed by atoms with Crippen LogP contribution in [0.2, 0.25) is 5.02 Å². The monoisotopic (exact) mass is 223 g/mol. The van der Waals surface area contributed by atoms with E-state index in [-0.39, 0.29) is 21.7 Å². The Bertz CT molecular complexity index is 462. The SMILES string of the molecule is COC(=O)c1ccc(C=O)c(Cl)c1C#N. The summed E-state index contributed by atoms with van der Waals surface area (Å²) in [4.78, 5) is 21.8. The highest BCUT2D eigenvalue weighted by molar-refractivity contribution is 6.34. The number of hydrogen-bond acceptors (Lipinski definition) is 4. The molecule has 0 aliphatic heterocycles. The largest absolute Gasteiger partial charge is 0.465 e. The molecule has 0 atom stereocenters. The van der Waals surface area contributed by atoms with E-state index < -0.39 is 5.97 Å². The maximum Gasteiger partial charge on any atom is 0.339 e. The Hall–Kier alpha value is -1.86. The average Bonchev–Trinajstić information content (AvgIpc) is 2.27. The van der Waals surface area contributed by atoms with E-state index >= 15 is 0 Å².